The van der Waals surface area contributed by atoms with Gasteiger partial charge in [-0.25, -0.2) is 0 Å². The van der Waals surface area contributed by atoms with Gasteiger partial charge in [0.05, 0.1) is 18.5 Å². The first-order valence-corrected chi connectivity index (χ1v) is 13.7. The topological polar surface area (TPSA) is 35.5 Å². The average molecular weight is 425 g/mol. The zero-order valence-electron chi connectivity index (χ0n) is 19.1. The second-order valence-corrected chi connectivity index (χ2v) is 10.1. The van der Waals surface area contributed by atoms with Crippen LogP contribution in [0.3, 0.4) is 0 Å². The minimum absolute atomic E-state index is 0.487. The summed E-state index contributed by atoms with van der Waals surface area (Å²) in [7, 11) is -3.19. The van der Waals surface area contributed by atoms with Gasteiger partial charge in [0.25, 0.3) is 0 Å². The van der Waals surface area contributed by atoms with Crippen LogP contribution in [-0.2, 0) is 13.6 Å². The lowest BCUT2D eigenvalue weighted by Crippen LogP contribution is -2.11. The summed E-state index contributed by atoms with van der Waals surface area (Å²) in [5, 5.41) is 0.672. The van der Waals surface area contributed by atoms with Crippen molar-refractivity contribution in [2.75, 3.05) is 13.2 Å². The lowest BCUT2D eigenvalue weighted by atomic mass is 10.0. The van der Waals surface area contributed by atoms with Crippen molar-refractivity contribution in [3.8, 4) is 0 Å². The van der Waals surface area contributed by atoms with Gasteiger partial charge in [-0.15, -0.1) is 0 Å². The molecule has 4 heteroatoms. The molecule has 0 saturated heterocycles. The van der Waals surface area contributed by atoms with Crippen molar-refractivity contribution in [2.45, 2.75) is 110 Å². The van der Waals surface area contributed by atoms with Crippen LogP contribution in [-0.4, -0.2) is 13.2 Å². The predicted molar refractivity (Wildman–Crippen MR) is 126 cm³/mol. The van der Waals surface area contributed by atoms with E-state index >= 15 is 0 Å². The van der Waals surface area contributed by atoms with E-state index in [9.17, 15) is 4.57 Å². The molecule has 0 N–H and O–H groups in total. The Bertz CT molecular complexity index is 518. The van der Waals surface area contributed by atoms with Crippen molar-refractivity contribution >= 4 is 12.9 Å². The van der Waals surface area contributed by atoms with E-state index in [0.717, 1.165) is 25.7 Å². The maximum atomic E-state index is 13.2. The van der Waals surface area contributed by atoms with Crippen LogP contribution >= 0.6 is 7.60 Å². The Labute approximate surface area is 180 Å². The number of hydrogen-bond acceptors (Lipinski definition) is 3. The van der Waals surface area contributed by atoms with Crippen LogP contribution < -0.4 is 5.30 Å². The Kier molecular flexibility index (Phi) is 16.5. The smallest absolute Gasteiger partial charge is 0.305 e. The van der Waals surface area contributed by atoms with E-state index in [0.29, 0.717) is 18.5 Å². The Morgan fingerprint density at radius 2 is 1.00 bits per heavy atom. The number of hydrogen-bond donors (Lipinski definition) is 0. The molecule has 1 aromatic rings. The Hall–Kier alpha value is -0.630. The van der Waals surface area contributed by atoms with E-state index < -0.39 is 7.60 Å². The first-order valence-electron chi connectivity index (χ1n) is 12.2. The molecule has 0 fully saturated rings. The lowest BCUT2D eigenvalue weighted by Gasteiger charge is -2.18. The molecule has 1 rings (SSSR count). The summed E-state index contributed by atoms with van der Waals surface area (Å²) >= 11 is 0. The fraction of sp³-hybridized carbons (Fsp3) is 0.760. The molecule has 0 amide bonds. The van der Waals surface area contributed by atoms with Gasteiger partial charge in [-0.05, 0) is 25.0 Å². The van der Waals surface area contributed by atoms with Crippen LogP contribution in [0, 0.1) is 0 Å². The fourth-order valence-corrected chi connectivity index (χ4v) is 5.08. The van der Waals surface area contributed by atoms with E-state index in [1.165, 1.54) is 70.6 Å². The van der Waals surface area contributed by atoms with Crippen molar-refractivity contribution < 1.29 is 13.6 Å². The van der Waals surface area contributed by atoms with Gasteiger partial charge in [-0.1, -0.05) is 116 Å². The summed E-state index contributed by atoms with van der Waals surface area (Å²) in [6.07, 6.45) is 19.1. The van der Waals surface area contributed by atoms with E-state index in [1.807, 2.05) is 30.3 Å². The molecule has 1 unspecified atom stereocenters. The van der Waals surface area contributed by atoms with Crippen molar-refractivity contribution in [3.05, 3.63) is 30.3 Å². The molecular formula is C25H45O3P. The highest BCUT2D eigenvalue weighted by atomic mass is 31.2. The van der Waals surface area contributed by atoms with Crippen molar-refractivity contribution in [1.29, 1.82) is 0 Å². The fourth-order valence-electron chi connectivity index (χ4n) is 3.43. The summed E-state index contributed by atoms with van der Waals surface area (Å²) in [6, 6.07) is 9.39. The molecule has 0 aliphatic heterocycles. The third-order valence-corrected chi connectivity index (χ3v) is 7.32. The van der Waals surface area contributed by atoms with Crippen LogP contribution in [0.4, 0.5) is 0 Å². The molecule has 0 saturated carbocycles. The number of benzene rings is 1. The molecule has 0 heterocycles. The van der Waals surface area contributed by atoms with Gasteiger partial charge >= 0.3 is 7.60 Å². The monoisotopic (exact) mass is 424 g/mol. The second kappa shape index (κ2) is 18.2. The maximum Gasteiger partial charge on any atom is 0.361 e. The maximum absolute atomic E-state index is 13.2. The summed E-state index contributed by atoms with van der Waals surface area (Å²) in [6.45, 7) is 5.37. The van der Waals surface area contributed by atoms with Gasteiger partial charge in [-0.3, -0.25) is 4.57 Å². The zero-order chi connectivity index (χ0) is 21.0. The van der Waals surface area contributed by atoms with Gasteiger partial charge in [0.1, 0.15) is 0 Å². The highest BCUT2D eigenvalue weighted by Gasteiger charge is 2.26. The molecule has 0 aromatic heterocycles. The summed E-state index contributed by atoms with van der Waals surface area (Å²) in [5.41, 5.74) is 0. The third-order valence-electron chi connectivity index (χ3n) is 5.34. The minimum Gasteiger partial charge on any atom is -0.305 e. The molecule has 0 spiro atoms. The van der Waals surface area contributed by atoms with E-state index in [1.54, 1.807) is 0 Å². The van der Waals surface area contributed by atoms with Crippen molar-refractivity contribution in [2.24, 2.45) is 0 Å². The number of rotatable bonds is 20. The quantitative estimate of drug-likeness (QED) is 0.156. The highest BCUT2D eigenvalue weighted by Crippen LogP contribution is 2.47. The molecule has 0 aliphatic rings. The Balaban J connectivity index is 2.08. The van der Waals surface area contributed by atoms with Gasteiger partial charge in [0.15, 0.2) is 0 Å². The normalized spacial score (nSPS) is 13.4. The zero-order valence-corrected chi connectivity index (χ0v) is 20.0. The van der Waals surface area contributed by atoms with Crippen LogP contribution in [0.2, 0.25) is 0 Å². The molecule has 1 atom stereocenters. The highest BCUT2D eigenvalue weighted by molar-refractivity contribution is 7.62. The molecular weight excluding hydrogens is 379 g/mol. The molecule has 29 heavy (non-hydrogen) atoms. The first kappa shape index (κ1) is 26.4. The van der Waals surface area contributed by atoms with Crippen molar-refractivity contribution in [1.82, 2.24) is 0 Å². The standard InChI is InChI=1S/C25H45O3P/c1-3-5-7-8-9-10-11-12-13-14-15-16-20-24-28-29(26,27-23-6-4-2)25-21-18-17-19-22-25/h17-19,21-22H,3-16,20,23-24H2,1-2H3. The van der Waals surface area contributed by atoms with Gasteiger partial charge < -0.3 is 9.05 Å². The van der Waals surface area contributed by atoms with E-state index in [4.69, 9.17) is 9.05 Å². The van der Waals surface area contributed by atoms with Crippen molar-refractivity contribution in [3.63, 3.8) is 0 Å². The van der Waals surface area contributed by atoms with Gasteiger partial charge in [0.2, 0.25) is 0 Å². The van der Waals surface area contributed by atoms with Gasteiger partial charge in [-0.2, -0.15) is 0 Å². The van der Waals surface area contributed by atoms with Crippen LogP contribution in [0.5, 0.6) is 0 Å². The Morgan fingerprint density at radius 1 is 0.586 bits per heavy atom. The molecule has 168 valence electrons. The molecule has 1 aromatic carbocycles. The summed E-state index contributed by atoms with van der Waals surface area (Å²) in [5.74, 6) is 0. The lowest BCUT2D eigenvalue weighted by molar-refractivity contribution is 0.207. The third kappa shape index (κ3) is 13.3. The van der Waals surface area contributed by atoms with Crippen LogP contribution in [0.1, 0.15) is 110 Å². The van der Waals surface area contributed by atoms with Crippen LogP contribution in [0.25, 0.3) is 0 Å². The molecule has 0 aliphatic carbocycles. The largest absolute Gasteiger partial charge is 0.361 e. The molecule has 3 nitrogen and oxygen atoms in total. The average Bonchev–Trinajstić information content (AvgIpc) is 2.75. The van der Waals surface area contributed by atoms with Crippen LogP contribution in [0.15, 0.2) is 30.3 Å². The Morgan fingerprint density at radius 3 is 1.48 bits per heavy atom. The predicted octanol–water partition coefficient (Wildman–Crippen LogP) is 8.43. The number of unbranched alkanes of at least 4 members (excludes halogenated alkanes) is 13. The van der Waals surface area contributed by atoms with E-state index in [2.05, 4.69) is 13.8 Å². The molecule has 0 bridgehead atoms. The summed E-state index contributed by atoms with van der Waals surface area (Å²) < 4.78 is 24.7. The van der Waals surface area contributed by atoms with Gasteiger partial charge in [0, 0.05) is 0 Å². The minimum atomic E-state index is -3.19. The van der Waals surface area contributed by atoms with E-state index in [-0.39, 0.29) is 0 Å². The molecule has 0 radical (unpaired) electrons. The first-order chi connectivity index (χ1) is 14.2. The second-order valence-electron chi connectivity index (χ2n) is 8.10. The summed E-state index contributed by atoms with van der Waals surface area (Å²) in [4.78, 5) is 0. The SMILES string of the molecule is CCCCCCCCCCCCCCCOP(=O)(OCCCC)c1ccccc1.